The predicted molar refractivity (Wildman–Crippen MR) is 96.3 cm³/mol. The SMILES string of the molecule is CC(C)OC(=O)C[C@H](NC(=O)c1ccc(C(=O)O)cc1)C(=O)OC(C)(C)C. The molecule has 0 aliphatic rings. The van der Waals surface area contributed by atoms with Gasteiger partial charge in [-0.15, -0.1) is 0 Å². The first-order chi connectivity index (χ1) is 12.4. The molecule has 0 aliphatic carbocycles. The van der Waals surface area contributed by atoms with E-state index in [1.165, 1.54) is 24.3 Å². The third-order valence-electron chi connectivity index (χ3n) is 3.13. The van der Waals surface area contributed by atoms with E-state index >= 15 is 0 Å². The molecular weight excluding hydrogens is 354 g/mol. The number of hydrogen-bond acceptors (Lipinski definition) is 6. The van der Waals surface area contributed by atoms with Gasteiger partial charge in [0.05, 0.1) is 18.1 Å². The highest BCUT2D eigenvalue weighted by Gasteiger charge is 2.30. The van der Waals surface area contributed by atoms with Crippen LogP contribution in [0.3, 0.4) is 0 Å². The van der Waals surface area contributed by atoms with Crippen molar-refractivity contribution in [3.63, 3.8) is 0 Å². The van der Waals surface area contributed by atoms with Gasteiger partial charge in [0.1, 0.15) is 11.6 Å². The minimum absolute atomic E-state index is 0.0238. The molecule has 0 aromatic heterocycles. The second kappa shape index (κ2) is 9.16. The zero-order chi connectivity index (χ0) is 20.8. The van der Waals surface area contributed by atoms with Crippen LogP contribution in [0, 0.1) is 0 Å². The van der Waals surface area contributed by atoms with Gasteiger partial charge >= 0.3 is 17.9 Å². The van der Waals surface area contributed by atoms with Crippen LogP contribution in [0.1, 0.15) is 61.8 Å². The summed E-state index contributed by atoms with van der Waals surface area (Å²) in [7, 11) is 0. The molecular formula is C19H25NO7. The highest BCUT2D eigenvalue weighted by atomic mass is 16.6. The van der Waals surface area contributed by atoms with Gasteiger partial charge in [-0.3, -0.25) is 9.59 Å². The number of ether oxygens (including phenoxy) is 2. The lowest BCUT2D eigenvalue weighted by molar-refractivity contribution is -0.161. The number of carboxylic acid groups (broad SMARTS) is 1. The molecule has 0 aliphatic heterocycles. The molecule has 0 fully saturated rings. The van der Waals surface area contributed by atoms with Crippen LogP contribution >= 0.6 is 0 Å². The fourth-order valence-corrected chi connectivity index (χ4v) is 2.05. The largest absolute Gasteiger partial charge is 0.478 e. The zero-order valence-corrected chi connectivity index (χ0v) is 16.1. The van der Waals surface area contributed by atoms with E-state index in [1.54, 1.807) is 34.6 Å². The lowest BCUT2D eigenvalue weighted by Gasteiger charge is -2.24. The minimum Gasteiger partial charge on any atom is -0.478 e. The summed E-state index contributed by atoms with van der Waals surface area (Å²) >= 11 is 0. The molecule has 2 N–H and O–H groups in total. The average Bonchev–Trinajstić information content (AvgIpc) is 2.51. The average molecular weight is 379 g/mol. The fourth-order valence-electron chi connectivity index (χ4n) is 2.05. The molecule has 0 saturated heterocycles. The maximum absolute atomic E-state index is 12.4. The van der Waals surface area contributed by atoms with Gasteiger partial charge in [0, 0.05) is 5.56 Å². The molecule has 1 amide bonds. The molecule has 0 radical (unpaired) electrons. The van der Waals surface area contributed by atoms with Crippen molar-refractivity contribution >= 4 is 23.8 Å². The Morgan fingerprint density at radius 3 is 2.00 bits per heavy atom. The van der Waals surface area contributed by atoms with E-state index in [0.717, 1.165) is 0 Å². The van der Waals surface area contributed by atoms with Gasteiger partial charge in [-0.05, 0) is 58.9 Å². The maximum atomic E-state index is 12.4. The summed E-state index contributed by atoms with van der Waals surface area (Å²) in [6.07, 6.45) is -0.748. The summed E-state index contributed by atoms with van der Waals surface area (Å²) < 4.78 is 10.3. The van der Waals surface area contributed by atoms with Gasteiger partial charge in [0.25, 0.3) is 5.91 Å². The monoisotopic (exact) mass is 379 g/mol. The van der Waals surface area contributed by atoms with Crippen LogP contribution in [-0.4, -0.2) is 46.7 Å². The normalized spacial score (nSPS) is 12.2. The first kappa shape index (κ1) is 22.1. The van der Waals surface area contributed by atoms with Crippen LogP contribution in [0.2, 0.25) is 0 Å². The molecule has 0 spiro atoms. The summed E-state index contributed by atoms with van der Waals surface area (Å²) in [6.45, 7) is 8.34. The molecule has 1 aromatic carbocycles. The first-order valence-corrected chi connectivity index (χ1v) is 8.45. The summed E-state index contributed by atoms with van der Waals surface area (Å²) in [5.41, 5.74) is -0.632. The Morgan fingerprint density at radius 2 is 1.56 bits per heavy atom. The third kappa shape index (κ3) is 7.89. The van der Waals surface area contributed by atoms with Crippen LogP contribution in [0.4, 0.5) is 0 Å². The number of carbonyl (C=O) groups excluding carboxylic acids is 3. The number of carbonyl (C=O) groups is 4. The van der Waals surface area contributed by atoms with Crippen molar-refractivity contribution in [3.8, 4) is 0 Å². The maximum Gasteiger partial charge on any atom is 0.335 e. The highest BCUT2D eigenvalue weighted by molar-refractivity contribution is 5.98. The summed E-state index contributed by atoms with van der Waals surface area (Å²) in [5.74, 6) is -3.17. The van der Waals surface area contributed by atoms with Gasteiger partial charge in [-0.1, -0.05) is 0 Å². The Balaban J connectivity index is 2.93. The summed E-state index contributed by atoms with van der Waals surface area (Å²) in [6, 6.07) is 3.94. The number of amides is 1. The van der Waals surface area contributed by atoms with Crippen molar-refractivity contribution in [2.45, 2.75) is 58.8 Å². The van der Waals surface area contributed by atoms with Crippen LogP contribution in [0.5, 0.6) is 0 Å². The first-order valence-electron chi connectivity index (χ1n) is 8.45. The van der Waals surface area contributed by atoms with Gasteiger partial charge < -0.3 is 19.9 Å². The number of hydrogen-bond donors (Lipinski definition) is 2. The number of esters is 2. The number of benzene rings is 1. The van der Waals surface area contributed by atoms with Crippen LogP contribution in [0.15, 0.2) is 24.3 Å². The second-order valence-electron chi connectivity index (χ2n) is 7.18. The topological polar surface area (TPSA) is 119 Å². The van der Waals surface area contributed by atoms with Crippen molar-refractivity contribution < 1.29 is 33.8 Å². The molecule has 0 saturated carbocycles. The molecule has 0 bridgehead atoms. The fraction of sp³-hybridized carbons (Fsp3) is 0.474. The summed E-state index contributed by atoms with van der Waals surface area (Å²) in [4.78, 5) is 47.6. The molecule has 148 valence electrons. The quantitative estimate of drug-likeness (QED) is 0.697. The van der Waals surface area contributed by atoms with Crippen molar-refractivity contribution in [1.29, 1.82) is 0 Å². The highest BCUT2D eigenvalue weighted by Crippen LogP contribution is 2.12. The zero-order valence-electron chi connectivity index (χ0n) is 16.1. The Hall–Kier alpha value is -2.90. The van der Waals surface area contributed by atoms with E-state index in [9.17, 15) is 19.2 Å². The molecule has 27 heavy (non-hydrogen) atoms. The third-order valence-corrected chi connectivity index (χ3v) is 3.13. The number of aromatic carboxylic acids is 1. The van der Waals surface area contributed by atoms with Crippen molar-refractivity contribution in [3.05, 3.63) is 35.4 Å². The summed E-state index contributed by atoms with van der Waals surface area (Å²) in [5, 5.41) is 11.3. The molecule has 8 nitrogen and oxygen atoms in total. The number of rotatable bonds is 7. The molecule has 0 heterocycles. The van der Waals surface area contributed by atoms with E-state index in [-0.39, 0.29) is 23.7 Å². The lowest BCUT2D eigenvalue weighted by atomic mass is 10.1. The Bertz CT molecular complexity index is 702. The van der Waals surface area contributed by atoms with Crippen molar-refractivity contribution in [2.24, 2.45) is 0 Å². The van der Waals surface area contributed by atoms with Crippen molar-refractivity contribution in [1.82, 2.24) is 5.32 Å². The lowest BCUT2D eigenvalue weighted by Crippen LogP contribution is -2.45. The van der Waals surface area contributed by atoms with E-state index in [0.29, 0.717) is 0 Å². The Labute approximate surface area is 157 Å². The molecule has 0 unspecified atom stereocenters. The standard InChI is InChI=1S/C19H25NO7/c1-11(2)26-15(21)10-14(18(25)27-19(3,4)5)20-16(22)12-6-8-13(9-7-12)17(23)24/h6-9,11,14H,10H2,1-5H3,(H,20,22)(H,23,24)/t14-/m0/s1. The van der Waals surface area contributed by atoms with Gasteiger partial charge in [0.2, 0.25) is 0 Å². The smallest absolute Gasteiger partial charge is 0.335 e. The molecule has 1 atom stereocenters. The van der Waals surface area contributed by atoms with Gasteiger partial charge in [-0.25, -0.2) is 9.59 Å². The van der Waals surface area contributed by atoms with E-state index in [1.807, 2.05) is 0 Å². The van der Waals surface area contributed by atoms with Gasteiger partial charge in [-0.2, -0.15) is 0 Å². The van der Waals surface area contributed by atoms with Crippen molar-refractivity contribution in [2.75, 3.05) is 0 Å². The Kier molecular flexibility index (Phi) is 7.51. The van der Waals surface area contributed by atoms with E-state index in [4.69, 9.17) is 14.6 Å². The van der Waals surface area contributed by atoms with Crippen LogP contribution in [-0.2, 0) is 19.1 Å². The van der Waals surface area contributed by atoms with E-state index in [2.05, 4.69) is 5.32 Å². The van der Waals surface area contributed by atoms with E-state index < -0.39 is 35.5 Å². The van der Waals surface area contributed by atoms with Crippen LogP contribution < -0.4 is 5.32 Å². The molecule has 8 heteroatoms. The molecule has 1 rings (SSSR count). The van der Waals surface area contributed by atoms with Crippen LogP contribution in [0.25, 0.3) is 0 Å². The van der Waals surface area contributed by atoms with Gasteiger partial charge in [0.15, 0.2) is 0 Å². The second-order valence-corrected chi connectivity index (χ2v) is 7.18. The number of nitrogens with one attached hydrogen (secondary N) is 1. The Morgan fingerprint density at radius 1 is 1.04 bits per heavy atom. The number of carboxylic acids is 1. The molecule has 1 aromatic rings. The predicted octanol–water partition coefficient (Wildman–Crippen LogP) is 2.17. The minimum atomic E-state index is -1.23.